The fourth-order valence-electron chi connectivity index (χ4n) is 3.27. The van der Waals surface area contributed by atoms with Crippen molar-refractivity contribution in [1.29, 1.82) is 0 Å². The highest BCUT2D eigenvalue weighted by Gasteiger charge is 2.26. The van der Waals surface area contributed by atoms with Crippen molar-refractivity contribution in [2.24, 2.45) is 5.92 Å². The van der Waals surface area contributed by atoms with Gasteiger partial charge in [0.2, 0.25) is 5.91 Å². The van der Waals surface area contributed by atoms with Crippen LogP contribution in [0.5, 0.6) is 0 Å². The van der Waals surface area contributed by atoms with Gasteiger partial charge in [0.05, 0.1) is 5.92 Å². The molecule has 1 aliphatic heterocycles. The molecule has 3 rings (SSSR count). The van der Waals surface area contributed by atoms with Gasteiger partial charge in [-0.2, -0.15) is 0 Å². The molecule has 0 saturated carbocycles. The Balaban J connectivity index is 1.62. The summed E-state index contributed by atoms with van der Waals surface area (Å²) in [5, 5.41) is 3.61. The number of benzene rings is 2. The highest BCUT2D eigenvalue weighted by molar-refractivity contribution is 6.31. The van der Waals surface area contributed by atoms with E-state index in [1.165, 1.54) is 6.07 Å². The fourth-order valence-corrected chi connectivity index (χ4v) is 3.44. The predicted octanol–water partition coefficient (Wildman–Crippen LogP) is 4.64. The highest BCUT2D eigenvalue weighted by atomic mass is 35.5. The van der Waals surface area contributed by atoms with Crippen molar-refractivity contribution in [2.45, 2.75) is 26.3 Å². The number of likely N-dealkylation sites (tertiary alicyclic amines) is 1. The number of nitrogens with zero attached hydrogens (tertiary/aromatic N) is 1. The zero-order valence-electron chi connectivity index (χ0n) is 14.3. The minimum Gasteiger partial charge on any atom is -0.326 e. The minimum absolute atomic E-state index is 0.0225. The molecule has 1 amide bonds. The molecule has 2 aromatic rings. The van der Waals surface area contributed by atoms with Crippen LogP contribution in [-0.4, -0.2) is 23.9 Å². The van der Waals surface area contributed by atoms with E-state index in [-0.39, 0.29) is 17.6 Å². The molecule has 132 valence electrons. The lowest BCUT2D eigenvalue weighted by Crippen LogP contribution is -2.40. The number of carbonyl (C=O) groups is 1. The van der Waals surface area contributed by atoms with E-state index in [0.29, 0.717) is 18.1 Å². The Labute approximate surface area is 152 Å². The van der Waals surface area contributed by atoms with E-state index in [0.717, 1.165) is 36.2 Å². The lowest BCUT2D eigenvalue weighted by Gasteiger charge is -2.32. The van der Waals surface area contributed by atoms with Crippen LogP contribution >= 0.6 is 11.6 Å². The van der Waals surface area contributed by atoms with Crippen molar-refractivity contribution in [3.63, 3.8) is 0 Å². The summed E-state index contributed by atoms with van der Waals surface area (Å²) in [4.78, 5) is 14.9. The normalized spacial score (nSPS) is 18.1. The van der Waals surface area contributed by atoms with Crippen molar-refractivity contribution in [3.8, 4) is 0 Å². The van der Waals surface area contributed by atoms with Crippen molar-refractivity contribution in [2.75, 3.05) is 18.4 Å². The molecule has 1 heterocycles. The van der Waals surface area contributed by atoms with E-state index in [2.05, 4.69) is 10.2 Å². The lowest BCUT2D eigenvalue weighted by molar-refractivity contribution is -0.121. The van der Waals surface area contributed by atoms with E-state index >= 15 is 0 Å². The molecular weight excluding hydrogens is 339 g/mol. The molecule has 0 aliphatic carbocycles. The highest BCUT2D eigenvalue weighted by Crippen LogP contribution is 2.24. The number of hydrogen-bond donors (Lipinski definition) is 1. The molecule has 5 heteroatoms. The van der Waals surface area contributed by atoms with E-state index in [1.54, 1.807) is 18.2 Å². The molecular formula is C20H22ClFN2O. The Bertz CT molecular complexity index is 765. The number of nitrogens with one attached hydrogen (secondary N) is 1. The van der Waals surface area contributed by atoms with Gasteiger partial charge in [-0.15, -0.1) is 0 Å². The maximum atomic E-state index is 13.3. The molecule has 1 atom stereocenters. The molecule has 0 spiro atoms. The Morgan fingerprint density at radius 3 is 2.96 bits per heavy atom. The summed E-state index contributed by atoms with van der Waals surface area (Å²) in [5.41, 5.74) is 2.69. The topological polar surface area (TPSA) is 32.3 Å². The average molecular weight is 361 g/mol. The van der Waals surface area contributed by atoms with Gasteiger partial charge >= 0.3 is 0 Å². The molecule has 1 aliphatic rings. The number of halogens is 2. The molecule has 0 radical (unpaired) electrons. The first-order chi connectivity index (χ1) is 12.0. The summed E-state index contributed by atoms with van der Waals surface area (Å²) in [6, 6.07) is 12.1. The van der Waals surface area contributed by atoms with Crippen LogP contribution in [0.4, 0.5) is 10.1 Å². The molecule has 2 aromatic carbocycles. The summed E-state index contributed by atoms with van der Waals surface area (Å²) in [5.74, 6) is -0.268. The zero-order chi connectivity index (χ0) is 17.8. The van der Waals surface area contributed by atoms with Gasteiger partial charge in [0.25, 0.3) is 0 Å². The third-order valence-electron chi connectivity index (χ3n) is 4.63. The third kappa shape index (κ3) is 4.80. The number of rotatable bonds is 4. The minimum atomic E-state index is -0.222. The van der Waals surface area contributed by atoms with E-state index in [4.69, 9.17) is 11.6 Å². The van der Waals surface area contributed by atoms with Crippen LogP contribution in [0, 0.1) is 18.7 Å². The van der Waals surface area contributed by atoms with Crippen LogP contribution in [0.15, 0.2) is 42.5 Å². The summed E-state index contributed by atoms with van der Waals surface area (Å²) < 4.78 is 13.3. The monoisotopic (exact) mass is 360 g/mol. The quantitative estimate of drug-likeness (QED) is 0.861. The van der Waals surface area contributed by atoms with Crippen molar-refractivity contribution in [3.05, 3.63) is 64.4 Å². The number of piperidine rings is 1. The van der Waals surface area contributed by atoms with E-state index in [9.17, 15) is 9.18 Å². The summed E-state index contributed by atoms with van der Waals surface area (Å²) >= 11 is 6.02. The Morgan fingerprint density at radius 2 is 2.16 bits per heavy atom. The first kappa shape index (κ1) is 17.9. The van der Waals surface area contributed by atoms with Gasteiger partial charge < -0.3 is 5.32 Å². The number of hydrogen-bond acceptors (Lipinski definition) is 2. The number of carbonyl (C=O) groups excluding carboxylic acids is 1. The largest absolute Gasteiger partial charge is 0.326 e. The van der Waals surface area contributed by atoms with E-state index in [1.807, 2.05) is 25.1 Å². The third-order valence-corrected chi connectivity index (χ3v) is 4.86. The van der Waals surface area contributed by atoms with Crippen molar-refractivity contribution < 1.29 is 9.18 Å². The maximum absolute atomic E-state index is 13.3. The van der Waals surface area contributed by atoms with Crippen LogP contribution in [-0.2, 0) is 11.3 Å². The summed E-state index contributed by atoms with van der Waals surface area (Å²) in [6.45, 7) is 4.22. The maximum Gasteiger partial charge on any atom is 0.228 e. The van der Waals surface area contributed by atoms with E-state index < -0.39 is 0 Å². The Morgan fingerprint density at radius 1 is 1.32 bits per heavy atom. The summed E-state index contributed by atoms with van der Waals surface area (Å²) in [7, 11) is 0. The van der Waals surface area contributed by atoms with Crippen LogP contribution < -0.4 is 5.32 Å². The Hall–Kier alpha value is -1.91. The molecule has 25 heavy (non-hydrogen) atoms. The van der Waals surface area contributed by atoms with Gasteiger partial charge in [0.15, 0.2) is 0 Å². The molecule has 1 fully saturated rings. The standard InChI is InChI=1S/C20H22ClFN2O/c1-14-7-8-17(21)11-19(14)23-20(25)16-5-3-9-24(13-16)12-15-4-2-6-18(22)10-15/h2,4,6-8,10-11,16H,3,5,9,12-13H2,1H3,(H,23,25). The van der Waals surface area contributed by atoms with Gasteiger partial charge in [-0.3, -0.25) is 9.69 Å². The molecule has 0 bridgehead atoms. The molecule has 3 nitrogen and oxygen atoms in total. The first-order valence-electron chi connectivity index (χ1n) is 8.55. The molecule has 1 saturated heterocycles. The summed E-state index contributed by atoms with van der Waals surface area (Å²) in [6.07, 6.45) is 1.83. The zero-order valence-corrected chi connectivity index (χ0v) is 15.0. The Kier molecular flexibility index (Phi) is 5.71. The first-order valence-corrected chi connectivity index (χ1v) is 8.93. The van der Waals surface area contributed by atoms with Gasteiger partial charge in [-0.05, 0) is 61.7 Å². The fraction of sp³-hybridized carbons (Fsp3) is 0.350. The smallest absolute Gasteiger partial charge is 0.228 e. The van der Waals surface area contributed by atoms with Crippen molar-refractivity contribution in [1.82, 2.24) is 4.90 Å². The van der Waals surface area contributed by atoms with Crippen LogP contribution in [0.1, 0.15) is 24.0 Å². The van der Waals surface area contributed by atoms with Gasteiger partial charge in [0, 0.05) is 23.8 Å². The van der Waals surface area contributed by atoms with Crippen molar-refractivity contribution >= 4 is 23.2 Å². The van der Waals surface area contributed by atoms with Gasteiger partial charge in [-0.25, -0.2) is 4.39 Å². The lowest BCUT2D eigenvalue weighted by atomic mass is 9.96. The van der Waals surface area contributed by atoms with Crippen LogP contribution in [0.25, 0.3) is 0 Å². The number of anilines is 1. The van der Waals surface area contributed by atoms with Gasteiger partial charge in [0.1, 0.15) is 5.82 Å². The molecule has 0 aromatic heterocycles. The van der Waals surface area contributed by atoms with Crippen LogP contribution in [0.2, 0.25) is 5.02 Å². The molecule has 1 unspecified atom stereocenters. The van der Waals surface area contributed by atoms with Gasteiger partial charge in [-0.1, -0.05) is 29.8 Å². The average Bonchev–Trinajstić information content (AvgIpc) is 2.58. The number of aryl methyl sites for hydroxylation is 1. The second-order valence-electron chi connectivity index (χ2n) is 6.65. The number of amides is 1. The SMILES string of the molecule is Cc1ccc(Cl)cc1NC(=O)C1CCCN(Cc2cccc(F)c2)C1. The second-order valence-corrected chi connectivity index (χ2v) is 7.09. The van der Waals surface area contributed by atoms with Crippen LogP contribution in [0.3, 0.4) is 0 Å². The predicted molar refractivity (Wildman–Crippen MR) is 99.2 cm³/mol. The molecule has 1 N–H and O–H groups in total. The second kappa shape index (κ2) is 7.98.